The summed E-state index contributed by atoms with van der Waals surface area (Å²) < 4.78 is 4.78. The van der Waals surface area contributed by atoms with E-state index in [1.54, 1.807) is 6.92 Å². The Labute approximate surface area is 75.1 Å². The molecule has 1 rings (SSSR count). The van der Waals surface area contributed by atoms with E-state index in [0.29, 0.717) is 5.76 Å². The first-order valence-corrected chi connectivity index (χ1v) is 3.11. The fraction of sp³-hybridized carbons (Fsp3) is 0.333. The van der Waals surface area contributed by atoms with Gasteiger partial charge in [0.1, 0.15) is 10.7 Å². The molecule has 1 heterocycles. The summed E-state index contributed by atoms with van der Waals surface area (Å²) in [6.07, 6.45) is 0. The van der Waals surface area contributed by atoms with Crippen molar-refractivity contribution in [3.63, 3.8) is 0 Å². The van der Waals surface area contributed by atoms with E-state index in [2.05, 4.69) is 0 Å². The van der Waals surface area contributed by atoms with Crippen LogP contribution < -0.4 is 5.73 Å². The van der Waals surface area contributed by atoms with Crippen LogP contribution in [0.1, 0.15) is 18.7 Å². The number of nitro groups is 1. The molecule has 2 N–H and O–H groups in total. The van der Waals surface area contributed by atoms with Gasteiger partial charge in [-0.1, -0.05) is 0 Å². The highest BCUT2D eigenvalue weighted by Crippen LogP contribution is 2.19. The second-order valence-corrected chi connectivity index (χ2v) is 2.22. The summed E-state index contributed by atoms with van der Waals surface area (Å²) in [5, 5.41) is 10.1. The van der Waals surface area contributed by atoms with Crippen molar-refractivity contribution < 1.29 is 9.34 Å². The molecular formula is C6H9ClN2O3. The number of nitrogens with zero attached hydrogens (tertiary/aromatic N) is 1. The second-order valence-electron chi connectivity index (χ2n) is 2.22. The summed E-state index contributed by atoms with van der Waals surface area (Å²) in [6.45, 7) is 1.70. The minimum Gasteiger partial charge on any atom is -0.404 e. The molecule has 1 aromatic rings. The normalized spacial score (nSPS) is 11.8. The Balaban J connectivity index is 0.00000121. The first-order chi connectivity index (χ1) is 5.11. The van der Waals surface area contributed by atoms with Gasteiger partial charge >= 0.3 is 5.88 Å². The predicted molar refractivity (Wildman–Crippen MR) is 45.2 cm³/mol. The molecule has 0 saturated carbocycles. The van der Waals surface area contributed by atoms with Crippen LogP contribution in [0.25, 0.3) is 0 Å². The van der Waals surface area contributed by atoms with Crippen molar-refractivity contribution in [1.29, 1.82) is 0 Å². The molecule has 6 heteroatoms. The molecule has 0 aromatic carbocycles. The van der Waals surface area contributed by atoms with Crippen molar-refractivity contribution in [3.05, 3.63) is 28.0 Å². The first kappa shape index (κ1) is 10.9. The zero-order chi connectivity index (χ0) is 8.43. The maximum absolute atomic E-state index is 10.1. The molecule has 0 aliphatic rings. The van der Waals surface area contributed by atoms with Crippen molar-refractivity contribution in [2.45, 2.75) is 13.0 Å². The number of furan rings is 1. The second kappa shape index (κ2) is 4.08. The number of hydrogen-bond acceptors (Lipinski definition) is 4. The van der Waals surface area contributed by atoms with Crippen molar-refractivity contribution in [3.8, 4) is 0 Å². The van der Waals surface area contributed by atoms with Crippen LogP contribution in [0.5, 0.6) is 0 Å². The largest absolute Gasteiger partial charge is 0.433 e. The molecule has 0 bridgehead atoms. The van der Waals surface area contributed by atoms with E-state index >= 15 is 0 Å². The minimum absolute atomic E-state index is 0. The lowest BCUT2D eigenvalue weighted by Gasteiger charge is -1.95. The quantitative estimate of drug-likeness (QED) is 0.570. The van der Waals surface area contributed by atoms with Gasteiger partial charge in [0.2, 0.25) is 0 Å². The maximum Gasteiger partial charge on any atom is 0.433 e. The summed E-state index contributed by atoms with van der Waals surface area (Å²) in [5.41, 5.74) is 5.41. The highest BCUT2D eigenvalue weighted by Gasteiger charge is 2.13. The smallest absolute Gasteiger partial charge is 0.404 e. The van der Waals surface area contributed by atoms with Crippen LogP contribution in [-0.2, 0) is 0 Å². The number of hydrogen-bond donors (Lipinski definition) is 1. The van der Waals surface area contributed by atoms with E-state index < -0.39 is 4.92 Å². The SMILES string of the molecule is C[C@H](N)c1ccc([N+](=O)[O-])o1.Cl. The van der Waals surface area contributed by atoms with Crippen LogP contribution in [0, 0.1) is 10.1 Å². The van der Waals surface area contributed by atoms with Gasteiger partial charge in [0.25, 0.3) is 0 Å². The molecule has 12 heavy (non-hydrogen) atoms. The van der Waals surface area contributed by atoms with Gasteiger partial charge in [0, 0.05) is 0 Å². The van der Waals surface area contributed by atoms with Crippen molar-refractivity contribution in [2.24, 2.45) is 5.73 Å². The van der Waals surface area contributed by atoms with Gasteiger partial charge in [-0.05, 0) is 13.0 Å². The molecule has 0 amide bonds. The van der Waals surface area contributed by atoms with E-state index in [-0.39, 0.29) is 24.3 Å². The third-order valence-electron chi connectivity index (χ3n) is 1.24. The van der Waals surface area contributed by atoms with E-state index in [4.69, 9.17) is 10.2 Å². The third-order valence-corrected chi connectivity index (χ3v) is 1.24. The van der Waals surface area contributed by atoms with Gasteiger partial charge in [0.05, 0.1) is 12.1 Å². The van der Waals surface area contributed by atoms with Crippen molar-refractivity contribution >= 4 is 18.3 Å². The Morgan fingerprint density at radius 3 is 2.50 bits per heavy atom. The highest BCUT2D eigenvalue weighted by atomic mass is 35.5. The van der Waals surface area contributed by atoms with E-state index in [1.807, 2.05) is 0 Å². The van der Waals surface area contributed by atoms with Gasteiger partial charge in [-0.2, -0.15) is 0 Å². The van der Waals surface area contributed by atoms with Crippen LogP contribution in [-0.4, -0.2) is 4.92 Å². The summed E-state index contributed by atoms with van der Waals surface area (Å²) in [4.78, 5) is 9.52. The summed E-state index contributed by atoms with van der Waals surface area (Å²) in [7, 11) is 0. The Kier molecular flexibility index (Phi) is 3.72. The molecule has 0 aliphatic heterocycles. The highest BCUT2D eigenvalue weighted by molar-refractivity contribution is 5.85. The lowest BCUT2D eigenvalue weighted by Crippen LogP contribution is -2.02. The van der Waals surface area contributed by atoms with Gasteiger partial charge < -0.3 is 10.2 Å². The van der Waals surface area contributed by atoms with E-state index in [9.17, 15) is 10.1 Å². The van der Waals surface area contributed by atoms with Gasteiger partial charge in [-0.15, -0.1) is 12.4 Å². The monoisotopic (exact) mass is 192 g/mol. The van der Waals surface area contributed by atoms with Crippen LogP contribution in [0.4, 0.5) is 5.88 Å². The molecule has 1 aromatic heterocycles. The van der Waals surface area contributed by atoms with Crippen molar-refractivity contribution in [2.75, 3.05) is 0 Å². The lowest BCUT2D eigenvalue weighted by molar-refractivity contribution is -0.402. The molecule has 0 aliphatic carbocycles. The predicted octanol–water partition coefficient (Wildman–Crippen LogP) is 1.63. The molecule has 5 nitrogen and oxygen atoms in total. The standard InChI is InChI=1S/C6H8N2O3.ClH/c1-4(7)5-2-3-6(11-5)8(9)10;/h2-4H,7H2,1H3;1H/t4-;/m0./s1. The Morgan fingerprint density at radius 2 is 2.25 bits per heavy atom. The lowest BCUT2D eigenvalue weighted by atomic mass is 10.3. The molecular weight excluding hydrogens is 184 g/mol. The Morgan fingerprint density at radius 1 is 1.67 bits per heavy atom. The van der Waals surface area contributed by atoms with E-state index in [0.717, 1.165) is 0 Å². The molecule has 1 atom stereocenters. The molecule has 0 spiro atoms. The fourth-order valence-corrected chi connectivity index (χ4v) is 0.685. The topological polar surface area (TPSA) is 82.3 Å². The van der Waals surface area contributed by atoms with Crippen molar-refractivity contribution in [1.82, 2.24) is 0 Å². The molecule has 0 fully saturated rings. The van der Waals surface area contributed by atoms with Crippen LogP contribution in [0.15, 0.2) is 16.5 Å². The number of nitrogens with two attached hydrogens (primary N) is 1. The number of halogens is 1. The third kappa shape index (κ3) is 2.21. The Bertz CT molecular complexity index is 272. The first-order valence-electron chi connectivity index (χ1n) is 3.11. The minimum atomic E-state index is -0.591. The number of rotatable bonds is 2. The maximum atomic E-state index is 10.1. The van der Waals surface area contributed by atoms with Gasteiger partial charge in [0.15, 0.2) is 0 Å². The summed E-state index contributed by atoms with van der Waals surface area (Å²) in [6, 6.07) is 2.49. The Hall–Kier alpha value is -1.07. The van der Waals surface area contributed by atoms with Crippen LogP contribution in [0.2, 0.25) is 0 Å². The zero-order valence-corrected chi connectivity index (χ0v) is 7.21. The van der Waals surface area contributed by atoms with E-state index in [1.165, 1.54) is 12.1 Å². The molecule has 0 unspecified atom stereocenters. The van der Waals surface area contributed by atoms with Crippen LogP contribution in [0.3, 0.4) is 0 Å². The summed E-state index contributed by atoms with van der Waals surface area (Å²) in [5.74, 6) is 0.161. The van der Waals surface area contributed by atoms with Gasteiger partial charge in [-0.3, -0.25) is 10.1 Å². The zero-order valence-electron chi connectivity index (χ0n) is 6.39. The fourth-order valence-electron chi connectivity index (χ4n) is 0.685. The molecule has 68 valence electrons. The average Bonchev–Trinajstić information content (AvgIpc) is 2.33. The average molecular weight is 193 g/mol. The molecule has 0 saturated heterocycles. The van der Waals surface area contributed by atoms with Crippen LogP contribution >= 0.6 is 12.4 Å². The molecule has 0 radical (unpaired) electrons. The summed E-state index contributed by atoms with van der Waals surface area (Å²) >= 11 is 0. The van der Waals surface area contributed by atoms with Gasteiger partial charge in [-0.25, -0.2) is 0 Å².